The maximum absolute atomic E-state index is 5.87. The van der Waals surface area contributed by atoms with E-state index in [-0.39, 0.29) is 0 Å². The topological polar surface area (TPSA) is 37.8 Å². The molecule has 20 heavy (non-hydrogen) atoms. The Hall–Kier alpha value is -2.13. The average molecular weight is 284 g/mol. The van der Waals surface area contributed by atoms with E-state index < -0.39 is 0 Å². The summed E-state index contributed by atoms with van der Waals surface area (Å²) in [5.41, 5.74) is 4.12. The van der Waals surface area contributed by atoms with Gasteiger partial charge in [0.05, 0.1) is 16.9 Å². The number of halogens is 1. The first-order valence-corrected chi connectivity index (χ1v) is 6.81. The van der Waals surface area contributed by atoms with Gasteiger partial charge in [0.2, 0.25) is 0 Å². The van der Waals surface area contributed by atoms with Gasteiger partial charge < -0.3 is 5.32 Å². The van der Waals surface area contributed by atoms with Crippen LogP contribution in [0.15, 0.2) is 48.7 Å². The summed E-state index contributed by atoms with van der Waals surface area (Å²) in [5, 5.41) is 5.08. The molecule has 0 saturated carbocycles. The molecule has 3 rings (SSSR count). The number of pyridine rings is 2. The molecule has 0 bridgehead atoms. The van der Waals surface area contributed by atoms with Crippen molar-refractivity contribution in [2.45, 2.75) is 13.5 Å². The molecule has 0 spiro atoms. The fraction of sp³-hybridized carbons (Fsp3) is 0.125. The molecule has 0 fully saturated rings. The lowest BCUT2D eigenvalue weighted by Crippen LogP contribution is -2.03. The van der Waals surface area contributed by atoms with E-state index >= 15 is 0 Å². The van der Waals surface area contributed by atoms with Crippen LogP contribution < -0.4 is 5.32 Å². The largest absolute Gasteiger partial charge is 0.379 e. The number of nitrogens with one attached hydrogen (secondary N) is 1. The summed E-state index contributed by atoms with van der Waals surface area (Å²) in [6, 6.07) is 13.9. The molecule has 0 amide bonds. The molecule has 0 aliphatic heterocycles. The number of aromatic nitrogens is 2. The van der Waals surface area contributed by atoms with Crippen LogP contribution in [0.5, 0.6) is 0 Å². The SMILES string of the molecule is Cc1nc(Cl)ccc1NCc1ccnc2ccccc12. The summed E-state index contributed by atoms with van der Waals surface area (Å²) in [6.45, 7) is 2.67. The highest BCUT2D eigenvalue weighted by molar-refractivity contribution is 6.29. The lowest BCUT2D eigenvalue weighted by molar-refractivity contribution is 1.11. The van der Waals surface area contributed by atoms with Crippen molar-refractivity contribution < 1.29 is 0 Å². The third kappa shape index (κ3) is 2.58. The Bertz CT molecular complexity index is 750. The van der Waals surface area contributed by atoms with E-state index in [4.69, 9.17) is 11.6 Å². The summed E-state index contributed by atoms with van der Waals surface area (Å²) >= 11 is 5.87. The third-order valence-corrected chi connectivity index (χ3v) is 3.47. The molecule has 0 radical (unpaired) electrons. The lowest BCUT2D eigenvalue weighted by atomic mass is 10.1. The van der Waals surface area contributed by atoms with Gasteiger partial charge in [0.15, 0.2) is 0 Å². The maximum Gasteiger partial charge on any atom is 0.129 e. The maximum atomic E-state index is 5.87. The standard InChI is InChI=1S/C16H14ClN3/c1-11-14(6-7-16(17)20-11)19-10-12-8-9-18-15-5-3-2-4-13(12)15/h2-9,19H,10H2,1H3. The van der Waals surface area contributed by atoms with Crippen LogP contribution in [0.1, 0.15) is 11.3 Å². The summed E-state index contributed by atoms with van der Waals surface area (Å²) < 4.78 is 0. The molecule has 1 N–H and O–H groups in total. The number of para-hydroxylation sites is 1. The molecule has 3 nitrogen and oxygen atoms in total. The molecule has 1 aromatic carbocycles. The minimum Gasteiger partial charge on any atom is -0.379 e. The van der Waals surface area contributed by atoms with Crippen LogP contribution in [0.4, 0.5) is 5.69 Å². The van der Waals surface area contributed by atoms with E-state index in [0.717, 1.165) is 23.4 Å². The van der Waals surface area contributed by atoms with Crippen molar-refractivity contribution in [2.75, 3.05) is 5.32 Å². The van der Waals surface area contributed by atoms with Gasteiger partial charge in [-0.2, -0.15) is 0 Å². The number of hydrogen-bond donors (Lipinski definition) is 1. The molecule has 0 unspecified atom stereocenters. The van der Waals surface area contributed by atoms with Crippen LogP contribution >= 0.6 is 11.6 Å². The number of anilines is 1. The quantitative estimate of drug-likeness (QED) is 0.732. The highest BCUT2D eigenvalue weighted by Gasteiger charge is 2.03. The van der Waals surface area contributed by atoms with E-state index in [1.165, 1.54) is 10.9 Å². The van der Waals surface area contributed by atoms with Crippen LogP contribution in [0.25, 0.3) is 10.9 Å². The molecule has 0 aliphatic carbocycles. The minimum absolute atomic E-state index is 0.516. The van der Waals surface area contributed by atoms with Crippen molar-refractivity contribution in [2.24, 2.45) is 0 Å². The molecule has 0 atom stereocenters. The second-order valence-corrected chi connectivity index (χ2v) is 4.99. The fourth-order valence-corrected chi connectivity index (χ4v) is 2.41. The monoisotopic (exact) mass is 283 g/mol. The Kier molecular flexibility index (Phi) is 3.52. The predicted octanol–water partition coefficient (Wildman–Crippen LogP) is 4.20. The second-order valence-electron chi connectivity index (χ2n) is 4.61. The van der Waals surface area contributed by atoms with E-state index in [1.807, 2.05) is 43.5 Å². The molecule has 3 aromatic rings. The first-order valence-electron chi connectivity index (χ1n) is 6.44. The number of fused-ring (bicyclic) bond motifs is 1. The molecule has 0 saturated heterocycles. The first kappa shape index (κ1) is 12.9. The van der Waals surface area contributed by atoms with E-state index in [2.05, 4.69) is 21.4 Å². The Morgan fingerprint density at radius 3 is 2.80 bits per heavy atom. The van der Waals surface area contributed by atoms with Crippen molar-refractivity contribution in [3.05, 3.63) is 65.1 Å². The Balaban J connectivity index is 1.87. The fourth-order valence-electron chi connectivity index (χ4n) is 2.22. The van der Waals surface area contributed by atoms with Crippen molar-refractivity contribution in [3.8, 4) is 0 Å². The van der Waals surface area contributed by atoms with Crippen molar-refractivity contribution >= 4 is 28.2 Å². The highest BCUT2D eigenvalue weighted by atomic mass is 35.5. The smallest absolute Gasteiger partial charge is 0.129 e. The third-order valence-electron chi connectivity index (χ3n) is 3.26. The average Bonchev–Trinajstić information content (AvgIpc) is 2.46. The Labute approximate surface area is 122 Å². The molecule has 2 aromatic heterocycles. The van der Waals surface area contributed by atoms with Crippen LogP contribution in [0, 0.1) is 6.92 Å². The summed E-state index contributed by atoms with van der Waals surface area (Å²) in [6.07, 6.45) is 1.84. The first-order chi connectivity index (χ1) is 9.74. The van der Waals surface area contributed by atoms with Crippen LogP contribution in [-0.2, 0) is 6.54 Å². The van der Waals surface area contributed by atoms with E-state index in [0.29, 0.717) is 5.15 Å². The van der Waals surface area contributed by atoms with Gasteiger partial charge in [0.25, 0.3) is 0 Å². The van der Waals surface area contributed by atoms with Gasteiger partial charge in [0, 0.05) is 18.1 Å². The van der Waals surface area contributed by atoms with Crippen molar-refractivity contribution in [1.29, 1.82) is 0 Å². The normalized spacial score (nSPS) is 10.7. The Morgan fingerprint density at radius 2 is 1.95 bits per heavy atom. The lowest BCUT2D eigenvalue weighted by Gasteiger charge is -2.10. The van der Waals surface area contributed by atoms with Gasteiger partial charge in [-0.05, 0) is 36.8 Å². The van der Waals surface area contributed by atoms with Crippen molar-refractivity contribution in [3.63, 3.8) is 0 Å². The molecule has 4 heteroatoms. The number of hydrogen-bond acceptors (Lipinski definition) is 3. The minimum atomic E-state index is 0.516. The van der Waals surface area contributed by atoms with Gasteiger partial charge in [0.1, 0.15) is 5.15 Å². The molecular formula is C16H14ClN3. The van der Waals surface area contributed by atoms with Gasteiger partial charge in [-0.15, -0.1) is 0 Å². The molecule has 0 aliphatic rings. The number of aryl methyl sites for hydroxylation is 1. The summed E-state index contributed by atoms with van der Waals surface area (Å²) in [4.78, 5) is 8.61. The predicted molar refractivity (Wildman–Crippen MR) is 83.1 cm³/mol. The molecule has 2 heterocycles. The number of benzene rings is 1. The Morgan fingerprint density at radius 1 is 1.10 bits per heavy atom. The van der Waals surface area contributed by atoms with Crippen LogP contribution in [0.2, 0.25) is 5.15 Å². The van der Waals surface area contributed by atoms with E-state index in [9.17, 15) is 0 Å². The van der Waals surface area contributed by atoms with Gasteiger partial charge in [-0.3, -0.25) is 4.98 Å². The van der Waals surface area contributed by atoms with Crippen LogP contribution in [0.3, 0.4) is 0 Å². The van der Waals surface area contributed by atoms with E-state index in [1.54, 1.807) is 6.07 Å². The summed E-state index contributed by atoms with van der Waals surface area (Å²) in [5.74, 6) is 0. The molecule has 100 valence electrons. The highest BCUT2D eigenvalue weighted by Crippen LogP contribution is 2.20. The van der Waals surface area contributed by atoms with Gasteiger partial charge >= 0.3 is 0 Å². The van der Waals surface area contributed by atoms with Crippen molar-refractivity contribution in [1.82, 2.24) is 9.97 Å². The van der Waals surface area contributed by atoms with Crippen LogP contribution in [-0.4, -0.2) is 9.97 Å². The zero-order valence-electron chi connectivity index (χ0n) is 11.1. The molecular weight excluding hydrogens is 270 g/mol. The zero-order valence-corrected chi connectivity index (χ0v) is 11.9. The van der Waals surface area contributed by atoms with Gasteiger partial charge in [-0.1, -0.05) is 29.8 Å². The van der Waals surface area contributed by atoms with Gasteiger partial charge in [-0.25, -0.2) is 4.98 Å². The second kappa shape index (κ2) is 5.47. The summed E-state index contributed by atoms with van der Waals surface area (Å²) in [7, 11) is 0. The number of nitrogens with zero attached hydrogens (tertiary/aromatic N) is 2. The zero-order chi connectivity index (χ0) is 13.9. The number of rotatable bonds is 3.